The lowest BCUT2D eigenvalue weighted by molar-refractivity contribution is 0.351. The van der Waals surface area contributed by atoms with Crippen molar-refractivity contribution in [3.63, 3.8) is 0 Å². The van der Waals surface area contributed by atoms with E-state index in [-0.39, 0.29) is 6.42 Å². The van der Waals surface area contributed by atoms with Crippen LogP contribution >= 0.6 is 0 Å². The number of ether oxygens (including phenoxy) is 2. The molecule has 0 bridgehead atoms. The first-order chi connectivity index (χ1) is 7.22. The van der Waals surface area contributed by atoms with Crippen LogP contribution in [0.4, 0.5) is 8.78 Å². The molecule has 0 saturated heterocycles. The molecule has 1 aromatic carbocycles. The maximum absolute atomic E-state index is 13.4. The van der Waals surface area contributed by atoms with Gasteiger partial charge in [0.15, 0.2) is 11.5 Å². The fourth-order valence-electron chi connectivity index (χ4n) is 1.22. The van der Waals surface area contributed by atoms with Gasteiger partial charge in [0.1, 0.15) is 5.82 Å². The van der Waals surface area contributed by atoms with Crippen molar-refractivity contribution >= 4 is 0 Å². The Bertz CT molecular complexity index is 362. The van der Waals surface area contributed by atoms with Crippen LogP contribution in [0.25, 0.3) is 0 Å². The molecule has 0 N–H and O–H groups in total. The topological polar surface area (TPSA) is 18.5 Å². The maximum Gasteiger partial charge on any atom is 0.163 e. The lowest BCUT2D eigenvalue weighted by Crippen LogP contribution is -1.95. The van der Waals surface area contributed by atoms with Gasteiger partial charge in [-0.3, -0.25) is 0 Å². The molecule has 2 nitrogen and oxygen atoms in total. The monoisotopic (exact) mass is 214 g/mol. The second kappa shape index (κ2) is 5.34. The van der Waals surface area contributed by atoms with Crippen LogP contribution in [-0.4, -0.2) is 14.2 Å². The highest BCUT2D eigenvalue weighted by Gasteiger charge is 2.09. The molecule has 15 heavy (non-hydrogen) atoms. The molecule has 4 heteroatoms. The minimum Gasteiger partial charge on any atom is -0.493 e. The van der Waals surface area contributed by atoms with E-state index >= 15 is 0 Å². The molecule has 82 valence electrons. The molecule has 0 heterocycles. The first-order valence-electron chi connectivity index (χ1n) is 4.38. The summed E-state index contributed by atoms with van der Waals surface area (Å²) in [4.78, 5) is 0. The van der Waals surface area contributed by atoms with E-state index in [1.807, 2.05) is 0 Å². The zero-order chi connectivity index (χ0) is 11.3. The quantitative estimate of drug-likeness (QED) is 0.767. The molecular weight excluding hydrogens is 202 g/mol. The first kappa shape index (κ1) is 11.5. The predicted octanol–water partition coefficient (Wildman–Crippen LogP) is 2.87. The van der Waals surface area contributed by atoms with Crippen LogP contribution in [-0.2, 0) is 6.42 Å². The van der Waals surface area contributed by atoms with E-state index < -0.39 is 5.82 Å². The van der Waals surface area contributed by atoms with E-state index in [9.17, 15) is 8.78 Å². The smallest absolute Gasteiger partial charge is 0.163 e. The van der Waals surface area contributed by atoms with Gasteiger partial charge >= 0.3 is 0 Å². The molecule has 0 atom stereocenters. The predicted molar refractivity (Wildman–Crippen MR) is 53.5 cm³/mol. The van der Waals surface area contributed by atoms with Crippen molar-refractivity contribution in [1.29, 1.82) is 0 Å². The number of hydrogen-bond donors (Lipinski definition) is 0. The standard InChI is InChI=1S/C11H12F2O2/c1-14-10-6-8(4-3-5-12)9(13)7-11(10)15-2/h3,5-7H,4H2,1-2H3. The largest absolute Gasteiger partial charge is 0.493 e. The molecular formula is C11H12F2O2. The van der Waals surface area contributed by atoms with Gasteiger partial charge in [-0.2, -0.15) is 0 Å². The summed E-state index contributed by atoms with van der Waals surface area (Å²) < 4.78 is 35.1. The summed E-state index contributed by atoms with van der Waals surface area (Å²) >= 11 is 0. The van der Waals surface area contributed by atoms with E-state index in [1.165, 1.54) is 32.4 Å². The third-order valence-corrected chi connectivity index (χ3v) is 1.98. The zero-order valence-electron chi connectivity index (χ0n) is 8.59. The molecule has 0 aliphatic carbocycles. The number of allylic oxidation sites excluding steroid dienone is 1. The van der Waals surface area contributed by atoms with Gasteiger partial charge in [0.05, 0.1) is 20.5 Å². The molecule has 0 spiro atoms. The molecule has 0 aromatic heterocycles. The Kier molecular flexibility index (Phi) is 4.09. The Labute approximate surface area is 87.1 Å². The van der Waals surface area contributed by atoms with Gasteiger partial charge < -0.3 is 9.47 Å². The summed E-state index contributed by atoms with van der Waals surface area (Å²) in [6.45, 7) is 0. The van der Waals surface area contributed by atoms with Crippen LogP contribution in [0.3, 0.4) is 0 Å². The summed E-state index contributed by atoms with van der Waals surface area (Å²) in [7, 11) is 2.89. The zero-order valence-corrected chi connectivity index (χ0v) is 8.59. The first-order valence-corrected chi connectivity index (χ1v) is 4.38. The molecule has 0 unspecified atom stereocenters. The second-order valence-corrected chi connectivity index (χ2v) is 2.86. The number of rotatable bonds is 4. The van der Waals surface area contributed by atoms with Crippen molar-refractivity contribution in [3.8, 4) is 11.5 Å². The normalized spacial score (nSPS) is 10.7. The van der Waals surface area contributed by atoms with Gasteiger partial charge in [0, 0.05) is 6.07 Å². The Balaban J connectivity index is 3.07. The fraction of sp³-hybridized carbons (Fsp3) is 0.273. The SMILES string of the molecule is COc1cc(F)c(CC=CF)cc1OC. The van der Waals surface area contributed by atoms with Crippen molar-refractivity contribution in [1.82, 2.24) is 0 Å². The Hall–Kier alpha value is -1.58. The van der Waals surface area contributed by atoms with Crippen LogP contribution in [0.1, 0.15) is 5.56 Å². The van der Waals surface area contributed by atoms with E-state index in [2.05, 4.69) is 0 Å². The van der Waals surface area contributed by atoms with Crippen molar-refractivity contribution in [2.45, 2.75) is 6.42 Å². The van der Waals surface area contributed by atoms with E-state index in [4.69, 9.17) is 9.47 Å². The van der Waals surface area contributed by atoms with E-state index in [0.717, 1.165) is 0 Å². The van der Waals surface area contributed by atoms with Gasteiger partial charge in [-0.15, -0.1) is 0 Å². The van der Waals surface area contributed by atoms with Crippen molar-refractivity contribution in [3.05, 3.63) is 35.9 Å². The number of methoxy groups -OCH3 is 2. The van der Waals surface area contributed by atoms with E-state index in [0.29, 0.717) is 23.4 Å². The van der Waals surface area contributed by atoms with Crippen LogP contribution in [0.5, 0.6) is 11.5 Å². The molecule has 0 aliphatic rings. The number of hydrogen-bond acceptors (Lipinski definition) is 2. The molecule has 0 radical (unpaired) electrons. The van der Waals surface area contributed by atoms with Crippen molar-refractivity contribution in [2.24, 2.45) is 0 Å². The summed E-state index contributed by atoms with van der Waals surface area (Å²) in [5, 5.41) is 0. The summed E-state index contributed by atoms with van der Waals surface area (Å²) in [6, 6.07) is 2.72. The molecule has 1 aromatic rings. The van der Waals surface area contributed by atoms with Crippen molar-refractivity contribution in [2.75, 3.05) is 14.2 Å². The summed E-state index contributed by atoms with van der Waals surface area (Å²) in [5.74, 6) is 0.315. The minimum atomic E-state index is -0.439. The Morgan fingerprint density at radius 1 is 1.20 bits per heavy atom. The third-order valence-electron chi connectivity index (χ3n) is 1.98. The van der Waals surface area contributed by atoms with Gasteiger partial charge in [-0.25, -0.2) is 8.78 Å². The molecule has 0 fully saturated rings. The molecule has 0 aliphatic heterocycles. The van der Waals surface area contributed by atoms with Gasteiger partial charge in [-0.1, -0.05) is 6.08 Å². The molecule has 1 rings (SSSR count). The van der Waals surface area contributed by atoms with Crippen LogP contribution in [0, 0.1) is 5.82 Å². The average Bonchev–Trinajstić information content (AvgIpc) is 2.27. The van der Waals surface area contributed by atoms with Crippen LogP contribution < -0.4 is 9.47 Å². The number of benzene rings is 1. The van der Waals surface area contributed by atoms with Crippen LogP contribution in [0.2, 0.25) is 0 Å². The van der Waals surface area contributed by atoms with Gasteiger partial charge in [0.2, 0.25) is 0 Å². The van der Waals surface area contributed by atoms with Crippen LogP contribution in [0.15, 0.2) is 24.5 Å². The lowest BCUT2D eigenvalue weighted by atomic mass is 10.1. The third kappa shape index (κ3) is 2.68. The highest BCUT2D eigenvalue weighted by Crippen LogP contribution is 2.30. The Morgan fingerprint density at radius 2 is 1.80 bits per heavy atom. The maximum atomic E-state index is 13.4. The summed E-state index contributed by atoms with van der Waals surface area (Å²) in [6.07, 6.45) is 1.79. The Morgan fingerprint density at radius 3 is 2.33 bits per heavy atom. The minimum absolute atomic E-state index is 0.183. The van der Waals surface area contributed by atoms with Gasteiger partial charge in [0.25, 0.3) is 0 Å². The fourth-order valence-corrected chi connectivity index (χ4v) is 1.22. The highest BCUT2D eigenvalue weighted by molar-refractivity contribution is 5.44. The second-order valence-electron chi connectivity index (χ2n) is 2.86. The summed E-state index contributed by atoms with van der Waals surface area (Å²) in [5.41, 5.74) is 0.363. The lowest BCUT2D eigenvalue weighted by Gasteiger charge is -2.09. The van der Waals surface area contributed by atoms with Crippen molar-refractivity contribution < 1.29 is 18.3 Å². The molecule has 0 amide bonds. The average molecular weight is 214 g/mol. The molecule has 0 saturated carbocycles. The van der Waals surface area contributed by atoms with Gasteiger partial charge in [-0.05, 0) is 18.1 Å². The van der Waals surface area contributed by atoms with E-state index in [1.54, 1.807) is 0 Å². The number of halogens is 2. The highest BCUT2D eigenvalue weighted by atomic mass is 19.1.